The fourth-order valence-corrected chi connectivity index (χ4v) is 2.04. The predicted molar refractivity (Wildman–Crippen MR) is 75.3 cm³/mol. The largest absolute Gasteiger partial charge is 0.370 e. The molecule has 0 atom stereocenters. The molecule has 0 bridgehead atoms. The van der Waals surface area contributed by atoms with Crippen molar-refractivity contribution in [2.24, 2.45) is 0 Å². The molecule has 0 fully saturated rings. The lowest BCUT2D eigenvalue weighted by atomic mass is 10.3. The minimum atomic E-state index is -0.0962. The lowest BCUT2D eigenvalue weighted by molar-refractivity contribution is 0.103. The number of rotatable bonds is 5. The van der Waals surface area contributed by atoms with Gasteiger partial charge in [-0.25, -0.2) is 4.98 Å². The second-order valence-corrected chi connectivity index (χ2v) is 4.74. The van der Waals surface area contributed by atoms with Gasteiger partial charge in [0.25, 0.3) is 5.91 Å². The zero-order valence-corrected chi connectivity index (χ0v) is 11.0. The number of carbonyl (C=O) groups excluding carboxylic acids is 1. The maximum atomic E-state index is 11.8. The van der Waals surface area contributed by atoms with E-state index >= 15 is 0 Å². The van der Waals surface area contributed by atoms with E-state index in [4.69, 9.17) is 0 Å². The van der Waals surface area contributed by atoms with Crippen LogP contribution in [-0.2, 0) is 0 Å². The molecule has 1 amide bonds. The molecule has 5 heteroatoms. The van der Waals surface area contributed by atoms with Gasteiger partial charge in [0, 0.05) is 6.54 Å². The number of hydrogen-bond donors (Lipinski definition) is 2. The van der Waals surface area contributed by atoms with Gasteiger partial charge in [0.05, 0.1) is 16.8 Å². The maximum Gasteiger partial charge on any atom is 0.265 e. The number of pyridine rings is 1. The number of anilines is 2. The van der Waals surface area contributed by atoms with Crippen LogP contribution in [0.4, 0.5) is 11.5 Å². The van der Waals surface area contributed by atoms with Crippen LogP contribution >= 0.6 is 11.3 Å². The highest BCUT2D eigenvalue weighted by atomic mass is 32.1. The summed E-state index contributed by atoms with van der Waals surface area (Å²) in [6.07, 6.45) is 2.71. The summed E-state index contributed by atoms with van der Waals surface area (Å²) in [5, 5.41) is 7.87. The van der Waals surface area contributed by atoms with Crippen molar-refractivity contribution in [3.63, 3.8) is 0 Å². The molecule has 2 heterocycles. The topological polar surface area (TPSA) is 54.0 Å². The molecule has 94 valence electrons. The highest BCUT2D eigenvalue weighted by Crippen LogP contribution is 2.14. The maximum absolute atomic E-state index is 11.8. The molecule has 2 aromatic rings. The Morgan fingerprint density at radius 3 is 2.89 bits per heavy atom. The average Bonchev–Trinajstić information content (AvgIpc) is 2.92. The molecule has 2 rings (SSSR count). The summed E-state index contributed by atoms with van der Waals surface area (Å²) >= 11 is 1.42. The van der Waals surface area contributed by atoms with E-state index in [9.17, 15) is 4.79 Å². The van der Waals surface area contributed by atoms with E-state index in [0.29, 0.717) is 10.6 Å². The lowest BCUT2D eigenvalue weighted by Gasteiger charge is -2.06. The van der Waals surface area contributed by atoms with Gasteiger partial charge >= 0.3 is 0 Å². The Labute approximate surface area is 110 Å². The van der Waals surface area contributed by atoms with Crippen molar-refractivity contribution in [1.82, 2.24) is 4.98 Å². The Balaban J connectivity index is 1.96. The minimum absolute atomic E-state index is 0.0962. The van der Waals surface area contributed by atoms with Crippen molar-refractivity contribution in [2.75, 3.05) is 17.2 Å². The quantitative estimate of drug-likeness (QED) is 0.869. The van der Waals surface area contributed by atoms with Crippen LogP contribution in [0.5, 0.6) is 0 Å². The number of nitrogens with one attached hydrogen (secondary N) is 2. The first-order valence-electron chi connectivity index (χ1n) is 5.84. The minimum Gasteiger partial charge on any atom is -0.370 e. The number of aromatic nitrogens is 1. The molecule has 0 aromatic carbocycles. The van der Waals surface area contributed by atoms with E-state index in [2.05, 4.69) is 22.5 Å². The van der Waals surface area contributed by atoms with E-state index in [0.717, 1.165) is 18.8 Å². The molecule has 2 aromatic heterocycles. The van der Waals surface area contributed by atoms with Crippen molar-refractivity contribution in [3.8, 4) is 0 Å². The van der Waals surface area contributed by atoms with Crippen LogP contribution in [0.3, 0.4) is 0 Å². The summed E-state index contributed by atoms with van der Waals surface area (Å²) in [4.78, 5) is 16.7. The number of amides is 1. The highest BCUT2D eigenvalue weighted by Gasteiger charge is 2.06. The fraction of sp³-hybridized carbons (Fsp3) is 0.231. The molecule has 0 spiro atoms. The third-order valence-corrected chi connectivity index (χ3v) is 3.19. The molecule has 18 heavy (non-hydrogen) atoms. The second kappa shape index (κ2) is 6.16. The van der Waals surface area contributed by atoms with Gasteiger partial charge in [-0.15, -0.1) is 11.3 Å². The van der Waals surface area contributed by atoms with Gasteiger partial charge in [-0.05, 0) is 30.0 Å². The van der Waals surface area contributed by atoms with Crippen LogP contribution in [0.25, 0.3) is 0 Å². The smallest absolute Gasteiger partial charge is 0.265 e. The van der Waals surface area contributed by atoms with Gasteiger partial charge in [0.2, 0.25) is 0 Å². The van der Waals surface area contributed by atoms with Gasteiger partial charge in [-0.1, -0.05) is 13.0 Å². The van der Waals surface area contributed by atoms with Crippen molar-refractivity contribution in [1.29, 1.82) is 0 Å². The third-order valence-electron chi connectivity index (χ3n) is 2.32. The van der Waals surface area contributed by atoms with Gasteiger partial charge < -0.3 is 10.6 Å². The first kappa shape index (κ1) is 12.6. The van der Waals surface area contributed by atoms with Gasteiger partial charge in [0.15, 0.2) is 0 Å². The SMILES string of the molecule is CCCNc1ccc(NC(=O)c2cccs2)cn1. The Morgan fingerprint density at radius 1 is 1.39 bits per heavy atom. The summed E-state index contributed by atoms with van der Waals surface area (Å²) in [6, 6.07) is 7.36. The molecule has 0 radical (unpaired) electrons. The van der Waals surface area contributed by atoms with Crippen molar-refractivity contribution >= 4 is 28.7 Å². The van der Waals surface area contributed by atoms with Crippen molar-refractivity contribution < 1.29 is 4.79 Å². The van der Waals surface area contributed by atoms with Crippen LogP contribution in [-0.4, -0.2) is 17.4 Å². The Kier molecular flexibility index (Phi) is 4.30. The number of thiophene rings is 1. The summed E-state index contributed by atoms with van der Waals surface area (Å²) in [5.74, 6) is 0.729. The van der Waals surface area contributed by atoms with E-state index in [1.807, 2.05) is 23.6 Å². The summed E-state index contributed by atoms with van der Waals surface area (Å²) in [5.41, 5.74) is 0.704. The first-order valence-corrected chi connectivity index (χ1v) is 6.72. The van der Waals surface area contributed by atoms with Crippen molar-refractivity contribution in [2.45, 2.75) is 13.3 Å². The average molecular weight is 261 g/mol. The van der Waals surface area contributed by atoms with E-state index in [-0.39, 0.29) is 5.91 Å². The molecule has 0 unspecified atom stereocenters. The zero-order valence-electron chi connectivity index (χ0n) is 10.1. The molecule has 2 N–H and O–H groups in total. The molecule has 0 saturated heterocycles. The number of carbonyl (C=O) groups is 1. The molecule has 0 aliphatic carbocycles. The molecule has 0 saturated carbocycles. The Hall–Kier alpha value is -1.88. The van der Waals surface area contributed by atoms with Gasteiger partial charge in [0.1, 0.15) is 5.82 Å². The lowest BCUT2D eigenvalue weighted by Crippen LogP contribution is -2.10. The zero-order chi connectivity index (χ0) is 12.8. The second-order valence-electron chi connectivity index (χ2n) is 3.79. The first-order chi connectivity index (χ1) is 8.79. The molecular formula is C13H15N3OS. The highest BCUT2D eigenvalue weighted by molar-refractivity contribution is 7.12. The van der Waals surface area contributed by atoms with Crippen LogP contribution < -0.4 is 10.6 Å². The number of hydrogen-bond acceptors (Lipinski definition) is 4. The molecule has 4 nitrogen and oxygen atoms in total. The monoisotopic (exact) mass is 261 g/mol. The fourth-order valence-electron chi connectivity index (χ4n) is 1.43. The van der Waals surface area contributed by atoms with Crippen LogP contribution in [0.15, 0.2) is 35.8 Å². The Morgan fingerprint density at radius 2 is 2.28 bits per heavy atom. The summed E-state index contributed by atoms with van der Waals surface area (Å²) < 4.78 is 0. The van der Waals surface area contributed by atoms with Crippen LogP contribution in [0.1, 0.15) is 23.0 Å². The standard InChI is InChI=1S/C13H15N3OS/c1-2-7-14-12-6-5-10(9-15-12)16-13(17)11-4-3-8-18-11/h3-6,8-9H,2,7H2,1H3,(H,14,15)(H,16,17). The summed E-state index contributed by atoms with van der Waals surface area (Å²) in [7, 11) is 0. The molecular weight excluding hydrogens is 246 g/mol. The third kappa shape index (κ3) is 3.30. The van der Waals surface area contributed by atoms with E-state index < -0.39 is 0 Å². The predicted octanol–water partition coefficient (Wildman–Crippen LogP) is 3.22. The normalized spacial score (nSPS) is 10.1. The van der Waals surface area contributed by atoms with Gasteiger partial charge in [-0.2, -0.15) is 0 Å². The van der Waals surface area contributed by atoms with Crippen LogP contribution in [0.2, 0.25) is 0 Å². The Bertz CT molecular complexity index is 493. The summed E-state index contributed by atoms with van der Waals surface area (Å²) in [6.45, 7) is 3.00. The molecule has 0 aliphatic rings. The van der Waals surface area contributed by atoms with E-state index in [1.165, 1.54) is 11.3 Å². The van der Waals surface area contributed by atoms with Crippen LogP contribution in [0, 0.1) is 0 Å². The number of nitrogens with zero attached hydrogens (tertiary/aromatic N) is 1. The van der Waals surface area contributed by atoms with Gasteiger partial charge in [-0.3, -0.25) is 4.79 Å². The van der Waals surface area contributed by atoms with Crippen molar-refractivity contribution in [3.05, 3.63) is 40.7 Å². The van der Waals surface area contributed by atoms with E-state index in [1.54, 1.807) is 12.3 Å². The molecule has 0 aliphatic heterocycles.